The first-order chi connectivity index (χ1) is 6.24. The highest BCUT2D eigenvalue weighted by Gasteiger charge is 1.99. The number of carboxylic acid groups (broad SMARTS) is 1. The Morgan fingerprint density at radius 1 is 1.31 bits per heavy atom. The quantitative estimate of drug-likeness (QED) is 0.732. The Hall–Kier alpha value is -1.35. The van der Waals surface area contributed by atoms with Crippen LogP contribution < -0.4 is 5.73 Å². The summed E-state index contributed by atoms with van der Waals surface area (Å²) in [7, 11) is 0. The average Bonchev–Trinajstić information content (AvgIpc) is 2.21. The molecule has 3 N–H and O–H groups in total. The number of rotatable bonds is 2. The molecule has 1 aromatic rings. The summed E-state index contributed by atoms with van der Waals surface area (Å²) in [5.74, 6) is -0.909. The van der Waals surface area contributed by atoms with Crippen molar-refractivity contribution in [2.45, 2.75) is 20.4 Å². The smallest absolute Gasteiger partial charge is 0.335 e. The molecule has 0 heterocycles. The average molecular weight is 181 g/mol. The molecule has 0 radical (unpaired) electrons. The molecule has 0 saturated heterocycles. The van der Waals surface area contributed by atoms with Crippen LogP contribution in [0.3, 0.4) is 0 Å². The lowest BCUT2D eigenvalue weighted by molar-refractivity contribution is 0.0697. The van der Waals surface area contributed by atoms with Gasteiger partial charge >= 0.3 is 5.97 Å². The summed E-state index contributed by atoms with van der Waals surface area (Å²) in [6.07, 6.45) is 0. The first kappa shape index (κ1) is 11.6. The molecular formula is C10H15NO2. The predicted molar refractivity (Wildman–Crippen MR) is 52.6 cm³/mol. The molecule has 0 aliphatic carbocycles. The summed E-state index contributed by atoms with van der Waals surface area (Å²) < 4.78 is 0. The molecule has 0 unspecified atom stereocenters. The normalized spacial score (nSPS) is 8.54. The summed E-state index contributed by atoms with van der Waals surface area (Å²) in [4.78, 5) is 10.4. The van der Waals surface area contributed by atoms with Crippen LogP contribution in [-0.4, -0.2) is 11.1 Å². The number of benzene rings is 1. The third-order valence-electron chi connectivity index (χ3n) is 1.44. The van der Waals surface area contributed by atoms with Gasteiger partial charge in [0.1, 0.15) is 0 Å². The van der Waals surface area contributed by atoms with Gasteiger partial charge in [0, 0.05) is 6.54 Å². The molecule has 0 aliphatic rings. The number of carboxylic acids is 1. The summed E-state index contributed by atoms with van der Waals surface area (Å²) in [6, 6.07) is 6.52. The van der Waals surface area contributed by atoms with Crippen LogP contribution in [0.5, 0.6) is 0 Å². The third kappa shape index (κ3) is 3.71. The van der Waals surface area contributed by atoms with E-state index in [1.54, 1.807) is 24.3 Å². The Kier molecular flexibility index (Phi) is 5.55. The van der Waals surface area contributed by atoms with E-state index in [1.165, 1.54) is 0 Å². The van der Waals surface area contributed by atoms with E-state index in [0.29, 0.717) is 12.1 Å². The highest BCUT2D eigenvalue weighted by molar-refractivity contribution is 5.87. The molecule has 0 fully saturated rings. The Bertz CT molecular complexity index is 254. The van der Waals surface area contributed by atoms with Crippen molar-refractivity contribution in [1.82, 2.24) is 0 Å². The van der Waals surface area contributed by atoms with Gasteiger partial charge in [0.05, 0.1) is 5.56 Å². The molecule has 72 valence electrons. The minimum Gasteiger partial charge on any atom is -0.478 e. The highest BCUT2D eigenvalue weighted by atomic mass is 16.4. The monoisotopic (exact) mass is 181 g/mol. The molecule has 13 heavy (non-hydrogen) atoms. The van der Waals surface area contributed by atoms with Crippen molar-refractivity contribution in [2.24, 2.45) is 5.73 Å². The molecule has 0 aliphatic heterocycles. The minimum atomic E-state index is -0.909. The van der Waals surface area contributed by atoms with Crippen molar-refractivity contribution in [1.29, 1.82) is 0 Å². The second-order valence-electron chi connectivity index (χ2n) is 2.21. The van der Waals surface area contributed by atoms with Gasteiger partial charge in [-0.2, -0.15) is 0 Å². The van der Waals surface area contributed by atoms with E-state index in [4.69, 9.17) is 10.8 Å². The molecule has 0 aromatic heterocycles. The van der Waals surface area contributed by atoms with Gasteiger partial charge in [0.25, 0.3) is 0 Å². The fourth-order valence-electron chi connectivity index (χ4n) is 0.783. The van der Waals surface area contributed by atoms with Crippen LogP contribution in [0.2, 0.25) is 0 Å². The molecular weight excluding hydrogens is 166 g/mol. The van der Waals surface area contributed by atoms with E-state index in [1.807, 2.05) is 13.8 Å². The number of hydrogen-bond donors (Lipinski definition) is 2. The predicted octanol–water partition coefficient (Wildman–Crippen LogP) is 1.87. The van der Waals surface area contributed by atoms with E-state index in [9.17, 15) is 4.79 Å². The van der Waals surface area contributed by atoms with Crippen LogP contribution >= 0.6 is 0 Å². The summed E-state index contributed by atoms with van der Waals surface area (Å²) in [5, 5.41) is 8.52. The van der Waals surface area contributed by atoms with Gasteiger partial charge in [-0.1, -0.05) is 26.0 Å². The van der Waals surface area contributed by atoms with Gasteiger partial charge < -0.3 is 10.8 Å². The van der Waals surface area contributed by atoms with Gasteiger partial charge in [0.2, 0.25) is 0 Å². The second kappa shape index (κ2) is 6.20. The number of carbonyl (C=O) groups is 1. The van der Waals surface area contributed by atoms with Crippen molar-refractivity contribution < 1.29 is 9.90 Å². The summed E-state index contributed by atoms with van der Waals surface area (Å²) in [6.45, 7) is 4.44. The second-order valence-corrected chi connectivity index (χ2v) is 2.21. The van der Waals surface area contributed by atoms with E-state index in [-0.39, 0.29) is 0 Å². The third-order valence-corrected chi connectivity index (χ3v) is 1.44. The molecule has 0 saturated carbocycles. The first-order valence-electron chi connectivity index (χ1n) is 4.26. The molecule has 0 atom stereocenters. The minimum absolute atomic E-state index is 0.294. The molecule has 3 heteroatoms. The Balaban J connectivity index is 0.000000671. The van der Waals surface area contributed by atoms with E-state index in [0.717, 1.165) is 5.56 Å². The Morgan fingerprint density at radius 2 is 1.77 bits per heavy atom. The summed E-state index contributed by atoms with van der Waals surface area (Å²) >= 11 is 0. The van der Waals surface area contributed by atoms with Gasteiger partial charge in [-0.05, 0) is 17.7 Å². The molecule has 0 amide bonds. The van der Waals surface area contributed by atoms with Crippen LogP contribution in [0.4, 0.5) is 0 Å². The van der Waals surface area contributed by atoms with E-state index in [2.05, 4.69) is 0 Å². The zero-order valence-corrected chi connectivity index (χ0v) is 7.95. The molecule has 0 bridgehead atoms. The fourth-order valence-corrected chi connectivity index (χ4v) is 0.783. The topological polar surface area (TPSA) is 63.3 Å². The maximum absolute atomic E-state index is 10.4. The first-order valence-corrected chi connectivity index (χ1v) is 4.26. The van der Waals surface area contributed by atoms with Crippen molar-refractivity contribution in [2.75, 3.05) is 0 Å². The van der Waals surface area contributed by atoms with E-state index < -0.39 is 5.97 Å². The van der Waals surface area contributed by atoms with Crippen molar-refractivity contribution in [3.05, 3.63) is 35.4 Å². The zero-order valence-electron chi connectivity index (χ0n) is 7.95. The number of nitrogens with two attached hydrogens (primary N) is 1. The maximum atomic E-state index is 10.4. The largest absolute Gasteiger partial charge is 0.478 e. The zero-order chi connectivity index (χ0) is 10.3. The lowest BCUT2D eigenvalue weighted by Crippen LogP contribution is -1.99. The van der Waals surface area contributed by atoms with Crippen molar-refractivity contribution in [3.8, 4) is 0 Å². The van der Waals surface area contributed by atoms with Gasteiger partial charge in [-0.15, -0.1) is 0 Å². The van der Waals surface area contributed by atoms with Crippen LogP contribution in [0.15, 0.2) is 24.3 Å². The number of hydrogen-bond acceptors (Lipinski definition) is 2. The standard InChI is InChI=1S/C8H9NO2.C2H6/c9-5-6-1-3-7(4-2-6)8(10)11;1-2/h1-4H,5,9H2,(H,10,11);1-2H3. The Morgan fingerprint density at radius 3 is 2.08 bits per heavy atom. The van der Waals surface area contributed by atoms with Crippen molar-refractivity contribution >= 4 is 5.97 Å². The van der Waals surface area contributed by atoms with E-state index >= 15 is 0 Å². The number of aromatic carboxylic acids is 1. The summed E-state index contributed by atoms with van der Waals surface area (Å²) in [5.41, 5.74) is 6.56. The Labute approximate surface area is 78.2 Å². The molecule has 3 nitrogen and oxygen atoms in total. The maximum Gasteiger partial charge on any atom is 0.335 e. The van der Waals surface area contributed by atoms with Gasteiger partial charge in [-0.25, -0.2) is 4.79 Å². The van der Waals surface area contributed by atoms with Gasteiger partial charge in [0.15, 0.2) is 0 Å². The molecule has 0 spiro atoms. The molecule has 1 aromatic carbocycles. The lowest BCUT2D eigenvalue weighted by Gasteiger charge is -1.96. The molecule has 1 rings (SSSR count). The van der Waals surface area contributed by atoms with Crippen molar-refractivity contribution in [3.63, 3.8) is 0 Å². The van der Waals surface area contributed by atoms with Gasteiger partial charge in [-0.3, -0.25) is 0 Å². The fraction of sp³-hybridized carbons (Fsp3) is 0.300. The van der Waals surface area contributed by atoms with Crippen LogP contribution in [0.25, 0.3) is 0 Å². The SMILES string of the molecule is CC.NCc1ccc(C(=O)O)cc1. The lowest BCUT2D eigenvalue weighted by atomic mass is 10.1. The van der Waals surface area contributed by atoms with Crippen LogP contribution in [0.1, 0.15) is 29.8 Å². The highest BCUT2D eigenvalue weighted by Crippen LogP contribution is 2.02. The van der Waals surface area contributed by atoms with Crippen LogP contribution in [-0.2, 0) is 6.54 Å². The van der Waals surface area contributed by atoms with Crippen LogP contribution in [0, 0.1) is 0 Å².